The normalized spacial score (nSPS) is 12.1. The van der Waals surface area contributed by atoms with Gasteiger partial charge in [-0.3, -0.25) is 0 Å². The lowest BCUT2D eigenvalue weighted by Gasteiger charge is -2.15. The maximum absolute atomic E-state index is 10.9. The van der Waals surface area contributed by atoms with E-state index in [1.54, 1.807) is 23.0 Å². The summed E-state index contributed by atoms with van der Waals surface area (Å²) >= 11 is 1.56. The number of hydrogen-bond acceptors (Lipinski definition) is 10. The summed E-state index contributed by atoms with van der Waals surface area (Å²) in [5.74, 6) is 0.723. The van der Waals surface area contributed by atoms with Crippen LogP contribution in [0.5, 0.6) is 0 Å². The molecule has 1 amide bonds. The molecule has 0 radical (unpaired) electrons. The molecule has 0 aliphatic heterocycles. The number of amides is 1. The summed E-state index contributed by atoms with van der Waals surface area (Å²) in [5, 5.41) is 34.9. The molecule has 0 spiro atoms. The quantitative estimate of drug-likeness (QED) is 0.266. The van der Waals surface area contributed by atoms with Crippen molar-refractivity contribution >= 4 is 44.8 Å². The third kappa shape index (κ3) is 4.76. The van der Waals surface area contributed by atoms with Gasteiger partial charge in [-0.05, 0) is 32.0 Å². The van der Waals surface area contributed by atoms with Crippen LogP contribution in [0.2, 0.25) is 0 Å². The van der Waals surface area contributed by atoms with Crippen molar-refractivity contribution in [3.63, 3.8) is 0 Å². The van der Waals surface area contributed by atoms with Crippen molar-refractivity contribution < 1.29 is 19.4 Å². The lowest BCUT2D eigenvalue weighted by atomic mass is 10.2. The second kappa shape index (κ2) is 9.16. The Labute approximate surface area is 186 Å². The van der Waals surface area contributed by atoms with E-state index in [-0.39, 0.29) is 17.8 Å². The van der Waals surface area contributed by atoms with Crippen LogP contribution in [0, 0.1) is 0 Å². The first kappa shape index (κ1) is 21.5. The van der Waals surface area contributed by atoms with E-state index >= 15 is 0 Å². The van der Waals surface area contributed by atoms with Crippen molar-refractivity contribution in [2.24, 2.45) is 0 Å². The number of nitrogens with one attached hydrogen (secondary N) is 3. The summed E-state index contributed by atoms with van der Waals surface area (Å²) in [6.45, 7) is 3.47. The molecule has 4 rings (SSSR count). The third-order valence-electron chi connectivity index (χ3n) is 4.40. The molecule has 5 N–H and O–H groups in total. The lowest BCUT2D eigenvalue weighted by Crippen LogP contribution is -2.29. The molecule has 1 aromatic carbocycles. The second-order valence-corrected chi connectivity index (χ2v) is 8.09. The fourth-order valence-corrected chi connectivity index (χ4v) is 3.74. The van der Waals surface area contributed by atoms with E-state index in [0.29, 0.717) is 17.1 Å². The average Bonchev–Trinajstić information content (AvgIpc) is 3.41. The number of carbonyl (C=O) groups is 1. The van der Waals surface area contributed by atoms with Gasteiger partial charge in [0.2, 0.25) is 5.89 Å². The Morgan fingerprint density at radius 3 is 2.81 bits per heavy atom. The number of pyridine rings is 1. The Morgan fingerprint density at radius 2 is 2.06 bits per heavy atom. The topological polar surface area (TPSA) is 158 Å². The Hall–Kier alpha value is -3.77. The summed E-state index contributed by atoms with van der Waals surface area (Å²) in [5.41, 5.74) is 4.88. The third-order valence-corrected chi connectivity index (χ3v) is 5.19. The number of aliphatic hydroxyl groups excluding tert-OH is 1. The molecule has 4 aromatic rings. The summed E-state index contributed by atoms with van der Waals surface area (Å²) in [6.07, 6.45) is 0.285. The molecule has 0 saturated heterocycles. The van der Waals surface area contributed by atoms with E-state index in [2.05, 4.69) is 36.1 Å². The smallest absolute Gasteiger partial charge is 0.405 e. The zero-order valence-corrected chi connectivity index (χ0v) is 18.1. The molecule has 0 aliphatic rings. The van der Waals surface area contributed by atoms with Gasteiger partial charge in [0.15, 0.2) is 0 Å². The molecule has 166 valence electrons. The van der Waals surface area contributed by atoms with Crippen molar-refractivity contribution in [2.75, 3.05) is 17.2 Å². The first-order chi connectivity index (χ1) is 15.4. The fraction of sp³-hybridized carbons (Fsp3) is 0.250. The van der Waals surface area contributed by atoms with Gasteiger partial charge in [-0.2, -0.15) is 0 Å². The van der Waals surface area contributed by atoms with Crippen molar-refractivity contribution in [1.82, 2.24) is 25.5 Å². The van der Waals surface area contributed by atoms with Gasteiger partial charge in [0.05, 0.1) is 33.6 Å². The highest BCUT2D eigenvalue weighted by Crippen LogP contribution is 2.31. The molecule has 0 bridgehead atoms. The van der Waals surface area contributed by atoms with Gasteiger partial charge < -0.3 is 30.6 Å². The highest BCUT2D eigenvalue weighted by Gasteiger charge is 2.22. The van der Waals surface area contributed by atoms with Gasteiger partial charge in [-0.1, -0.05) is 0 Å². The minimum absolute atomic E-state index is 0.0412. The average molecular weight is 456 g/mol. The minimum Gasteiger partial charge on any atom is -0.465 e. The van der Waals surface area contributed by atoms with E-state index in [4.69, 9.17) is 9.52 Å². The van der Waals surface area contributed by atoms with Gasteiger partial charge >= 0.3 is 6.09 Å². The number of anilines is 3. The maximum Gasteiger partial charge on any atom is 0.405 e. The van der Waals surface area contributed by atoms with Crippen LogP contribution in [-0.4, -0.2) is 49.1 Å². The van der Waals surface area contributed by atoms with Crippen molar-refractivity contribution in [1.29, 1.82) is 0 Å². The van der Waals surface area contributed by atoms with Crippen LogP contribution >= 0.6 is 11.3 Å². The van der Waals surface area contributed by atoms with E-state index in [9.17, 15) is 9.90 Å². The first-order valence-electron chi connectivity index (χ1n) is 9.74. The number of aromatic nitrogens is 4. The monoisotopic (exact) mass is 455 g/mol. The van der Waals surface area contributed by atoms with Gasteiger partial charge in [0.25, 0.3) is 5.89 Å². The zero-order valence-electron chi connectivity index (χ0n) is 17.2. The summed E-state index contributed by atoms with van der Waals surface area (Å²) in [7, 11) is 0. The summed E-state index contributed by atoms with van der Waals surface area (Å²) in [6, 6.07) is 6.80. The lowest BCUT2D eigenvalue weighted by molar-refractivity contribution is 0.171. The standard InChI is InChI=1S/C20H21N7O4S/c1-10(2)23-14-6-17(24-11-3-4-13-16(5-11)32-9-22-13)21-7-12(14)18-26-27-19(31-18)15(8-28)25-20(29)30/h3-7,9-10,15,25,28H,8H2,1-2H3,(H,29,30)(H2,21,23,24). The first-order valence-corrected chi connectivity index (χ1v) is 10.6. The highest BCUT2D eigenvalue weighted by molar-refractivity contribution is 7.16. The summed E-state index contributed by atoms with van der Waals surface area (Å²) in [4.78, 5) is 19.6. The van der Waals surface area contributed by atoms with Crippen LogP contribution in [0.1, 0.15) is 25.8 Å². The number of rotatable bonds is 8. The van der Waals surface area contributed by atoms with Gasteiger partial charge in [-0.15, -0.1) is 21.5 Å². The molecule has 3 aromatic heterocycles. The zero-order chi connectivity index (χ0) is 22.7. The van der Waals surface area contributed by atoms with E-state index < -0.39 is 18.7 Å². The molecular weight excluding hydrogens is 434 g/mol. The molecule has 0 aliphatic carbocycles. The van der Waals surface area contributed by atoms with Crippen molar-refractivity contribution in [3.8, 4) is 11.5 Å². The summed E-state index contributed by atoms with van der Waals surface area (Å²) < 4.78 is 6.70. The molecule has 11 nitrogen and oxygen atoms in total. The number of thiazole rings is 1. The van der Waals surface area contributed by atoms with E-state index in [1.807, 2.05) is 38.1 Å². The highest BCUT2D eigenvalue weighted by atomic mass is 32.1. The Kier molecular flexibility index (Phi) is 6.14. The molecule has 0 saturated carbocycles. The number of nitrogens with zero attached hydrogens (tertiary/aromatic N) is 4. The van der Waals surface area contributed by atoms with Crippen LogP contribution in [0.15, 0.2) is 40.4 Å². The number of fused-ring (bicyclic) bond motifs is 1. The molecule has 0 fully saturated rings. The Bertz CT molecular complexity index is 1240. The largest absolute Gasteiger partial charge is 0.465 e. The van der Waals surface area contributed by atoms with Crippen LogP contribution in [0.4, 0.5) is 22.0 Å². The van der Waals surface area contributed by atoms with Crippen LogP contribution in [0.25, 0.3) is 21.7 Å². The predicted octanol–water partition coefficient (Wildman–Crippen LogP) is 3.61. The molecule has 3 heterocycles. The SMILES string of the molecule is CC(C)Nc1cc(Nc2ccc3ncsc3c2)ncc1-c1nnc(C(CO)NC(=O)O)o1. The Morgan fingerprint density at radius 1 is 1.22 bits per heavy atom. The second-order valence-electron chi connectivity index (χ2n) is 7.20. The Balaban J connectivity index is 1.63. The number of aliphatic hydroxyl groups is 1. The number of hydrogen-bond donors (Lipinski definition) is 5. The maximum atomic E-state index is 10.9. The van der Waals surface area contributed by atoms with Gasteiger partial charge in [-0.25, -0.2) is 14.8 Å². The molecule has 32 heavy (non-hydrogen) atoms. The van der Waals surface area contributed by atoms with Gasteiger partial charge in [0.1, 0.15) is 11.9 Å². The fourth-order valence-electron chi connectivity index (χ4n) is 3.02. The van der Waals surface area contributed by atoms with Crippen LogP contribution in [-0.2, 0) is 0 Å². The number of carboxylic acid groups (broad SMARTS) is 1. The van der Waals surface area contributed by atoms with Crippen LogP contribution < -0.4 is 16.0 Å². The van der Waals surface area contributed by atoms with E-state index in [0.717, 1.165) is 15.9 Å². The van der Waals surface area contributed by atoms with E-state index in [1.165, 1.54) is 0 Å². The van der Waals surface area contributed by atoms with Crippen LogP contribution in [0.3, 0.4) is 0 Å². The van der Waals surface area contributed by atoms with Crippen molar-refractivity contribution in [3.05, 3.63) is 41.9 Å². The molecule has 1 atom stereocenters. The molecule has 1 unspecified atom stereocenters. The predicted molar refractivity (Wildman–Crippen MR) is 120 cm³/mol. The minimum atomic E-state index is -1.31. The molecule has 12 heteroatoms. The molecular formula is C20H21N7O4S. The number of benzene rings is 1. The van der Waals surface area contributed by atoms with Crippen molar-refractivity contribution in [2.45, 2.75) is 25.9 Å². The van der Waals surface area contributed by atoms with Gasteiger partial charge in [0, 0.05) is 24.0 Å².